The maximum absolute atomic E-state index is 14.8. The molecule has 0 unspecified atom stereocenters. The number of nitrogens with one attached hydrogen (secondary N) is 2. The van der Waals surface area contributed by atoms with Crippen molar-refractivity contribution in [2.75, 3.05) is 49.9 Å². The van der Waals surface area contributed by atoms with E-state index in [0.29, 0.717) is 31.6 Å². The van der Waals surface area contributed by atoms with E-state index in [2.05, 4.69) is 31.6 Å². The molecule has 1 aromatic carbocycles. The highest BCUT2D eigenvalue weighted by molar-refractivity contribution is 5.68. The lowest BCUT2D eigenvalue weighted by Gasteiger charge is -2.31. The van der Waals surface area contributed by atoms with Gasteiger partial charge in [0.15, 0.2) is 11.4 Å². The fraction of sp³-hybridized carbons (Fsp3) is 0.538. The second kappa shape index (κ2) is 12.5. The van der Waals surface area contributed by atoms with Gasteiger partial charge in [-0.25, -0.2) is 19.2 Å². The van der Waals surface area contributed by atoms with Crippen molar-refractivity contribution in [3.63, 3.8) is 0 Å². The van der Waals surface area contributed by atoms with Gasteiger partial charge >= 0.3 is 6.09 Å². The molecule has 0 radical (unpaired) electrons. The van der Waals surface area contributed by atoms with Crippen molar-refractivity contribution in [2.24, 2.45) is 0 Å². The van der Waals surface area contributed by atoms with Crippen LogP contribution < -0.4 is 15.4 Å². The number of piperidine rings is 1. The third kappa shape index (κ3) is 7.20. The van der Waals surface area contributed by atoms with E-state index in [1.165, 1.54) is 25.2 Å². The van der Waals surface area contributed by atoms with Crippen LogP contribution in [0.1, 0.15) is 45.1 Å². The van der Waals surface area contributed by atoms with Gasteiger partial charge in [0.25, 0.3) is 0 Å². The second-order valence-corrected chi connectivity index (χ2v) is 9.55. The molecule has 3 heterocycles. The lowest BCUT2D eigenvalue weighted by atomic mass is 10.1. The first-order valence-corrected chi connectivity index (χ1v) is 12.8. The van der Waals surface area contributed by atoms with Gasteiger partial charge in [-0.1, -0.05) is 0 Å². The molecule has 10 nitrogen and oxygen atoms in total. The number of amides is 1. The minimum absolute atomic E-state index is 0.0939. The molecule has 0 saturated carbocycles. The maximum Gasteiger partial charge on any atom is 0.410 e. The van der Waals surface area contributed by atoms with Crippen LogP contribution >= 0.6 is 0 Å². The number of hydrogen-bond donors (Lipinski definition) is 2. The van der Waals surface area contributed by atoms with Crippen molar-refractivity contribution in [2.45, 2.75) is 51.7 Å². The molecule has 2 aromatic rings. The Morgan fingerprint density at radius 1 is 1.22 bits per heavy atom. The molecule has 0 aliphatic carbocycles. The van der Waals surface area contributed by atoms with E-state index in [1.807, 2.05) is 13.8 Å². The van der Waals surface area contributed by atoms with E-state index in [9.17, 15) is 14.4 Å². The Hall–Kier alpha value is -3.65. The predicted molar refractivity (Wildman–Crippen MR) is 137 cm³/mol. The van der Waals surface area contributed by atoms with E-state index < -0.39 is 5.82 Å². The van der Waals surface area contributed by atoms with E-state index in [4.69, 9.17) is 9.47 Å². The lowest BCUT2D eigenvalue weighted by Crippen LogP contribution is -2.42. The van der Waals surface area contributed by atoms with Crippen LogP contribution in [0.25, 0.3) is 0 Å². The summed E-state index contributed by atoms with van der Waals surface area (Å²) in [7, 11) is 0. The molecule has 0 atom stereocenters. The number of rotatable bonds is 9. The Bertz CT molecular complexity index is 1110. The number of hydrogen-bond acceptors (Lipinski definition) is 9. The zero-order valence-corrected chi connectivity index (χ0v) is 21.4. The molecule has 198 valence electrons. The molecule has 4 rings (SSSR count). The van der Waals surface area contributed by atoms with Crippen LogP contribution in [0.3, 0.4) is 0 Å². The van der Waals surface area contributed by atoms with Gasteiger partial charge in [-0.15, -0.1) is 0 Å². The Kier molecular flexibility index (Phi) is 8.95. The Balaban J connectivity index is 1.35. The fourth-order valence-electron chi connectivity index (χ4n) is 4.46. The molecule has 1 amide bonds. The Morgan fingerprint density at radius 2 is 1.97 bits per heavy atom. The highest BCUT2D eigenvalue weighted by Crippen LogP contribution is 2.28. The minimum atomic E-state index is -0.461. The molecule has 2 N–H and O–H groups in total. The third-order valence-electron chi connectivity index (χ3n) is 6.42. The van der Waals surface area contributed by atoms with E-state index in [1.54, 1.807) is 17.0 Å². The highest BCUT2D eigenvalue weighted by atomic mass is 19.1. The summed E-state index contributed by atoms with van der Waals surface area (Å²) in [5.74, 6) is -0.167. The minimum Gasteiger partial charge on any atom is -0.473 e. The second-order valence-electron chi connectivity index (χ2n) is 9.55. The van der Waals surface area contributed by atoms with Crippen LogP contribution in [-0.4, -0.2) is 77.3 Å². The van der Waals surface area contributed by atoms with Crippen molar-refractivity contribution in [3.8, 4) is 11.9 Å². The number of ether oxygens (including phenoxy) is 2. The topological polar surface area (TPSA) is 116 Å². The summed E-state index contributed by atoms with van der Waals surface area (Å²) >= 11 is 0. The van der Waals surface area contributed by atoms with Crippen LogP contribution in [0.5, 0.6) is 5.88 Å². The zero-order chi connectivity index (χ0) is 26.2. The molecule has 0 spiro atoms. The van der Waals surface area contributed by atoms with Crippen LogP contribution in [0.4, 0.5) is 26.4 Å². The summed E-state index contributed by atoms with van der Waals surface area (Å²) in [5, 5.41) is 15.9. The molecule has 2 saturated heterocycles. The number of aromatic nitrogens is 2. The van der Waals surface area contributed by atoms with Crippen LogP contribution in [0, 0.1) is 17.1 Å². The smallest absolute Gasteiger partial charge is 0.410 e. The molecule has 11 heteroatoms. The maximum atomic E-state index is 14.8. The summed E-state index contributed by atoms with van der Waals surface area (Å²) in [4.78, 5) is 24.4. The van der Waals surface area contributed by atoms with Crippen molar-refractivity contribution >= 4 is 23.3 Å². The van der Waals surface area contributed by atoms with Gasteiger partial charge < -0.3 is 29.9 Å². The van der Waals surface area contributed by atoms with Gasteiger partial charge in [-0.3, -0.25) is 0 Å². The first-order valence-electron chi connectivity index (χ1n) is 12.8. The number of nitriles is 1. The van der Waals surface area contributed by atoms with Crippen LogP contribution in [0.2, 0.25) is 0 Å². The standard InChI is InChI=1S/C26H34FN7O3/c1-18(2)36-26(35)34-12-7-20(8-13-34)37-25-21(16-28)24(30-17-31-25)32-23-6-5-19(15-22(23)27)29-9-14-33-10-3-4-11-33/h5-6,15,17-18,20,29H,3-4,7-14H2,1-2H3,(H,30,31,32). The van der Waals surface area contributed by atoms with Gasteiger partial charge in [0.05, 0.1) is 11.8 Å². The summed E-state index contributed by atoms with van der Waals surface area (Å²) in [6, 6.07) is 6.90. The van der Waals surface area contributed by atoms with E-state index >= 15 is 0 Å². The number of benzene rings is 1. The van der Waals surface area contributed by atoms with Crippen molar-refractivity contribution < 1.29 is 18.7 Å². The highest BCUT2D eigenvalue weighted by Gasteiger charge is 2.27. The fourth-order valence-corrected chi connectivity index (χ4v) is 4.46. The molecule has 2 aliphatic rings. The third-order valence-corrected chi connectivity index (χ3v) is 6.42. The summed E-state index contributed by atoms with van der Waals surface area (Å²) < 4.78 is 26.1. The number of halogens is 1. The quantitative estimate of drug-likeness (QED) is 0.513. The number of nitrogens with zero attached hydrogens (tertiary/aromatic N) is 5. The largest absolute Gasteiger partial charge is 0.473 e. The van der Waals surface area contributed by atoms with Crippen molar-refractivity contribution in [1.29, 1.82) is 5.26 Å². The predicted octanol–water partition coefficient (Wildman–Crippen LogP) is 4.13. The molecule has 2 fully saturated rings. The lowest BCUT2D eigenvalue weighted by molar-refractivity contribution is 0.0506. The molecule has 37 heavy (non-hydrogen) atoms. The average molecular weight is 512 g/mol. The Morgan fingerprint density at radius 3 is 2.65 bits per heavy atom. The molecule has 2 aliphatic heterocycles. The van der Waals surface area contributed by atoms with Crippen molar-refractivity contribution in [1.82, 2.24) is 19.8 Å². The first kappa shape index (κ1) is 26.4. The summed E-state index contributed by atoms with van der Waals surface area (Å²) in [5.41, 5.74) is 0.984. The molecular weight excluding hydrogens is 477 g/mol. The van der Waals surface area contributed by atoms with Gasteiger partial charge in [-0.2, -0.15) is 5.26 Å². The molecule has 1 aromatic heterocycles. The zero-order valence-electron chi connectivity index (χ0n) is 21.4. The number of carbonyl (C=O) groups is 1. The van der Waals surface area contributed by atoms with E-state index in [-0.39, 0.29) is 41.2 Å². The van der Waals surface area contributed by atoms with Gasteiger partial charge in [0.1, 0.15) is 24.3 Å². The number of carbonyl (C=O) groups excluding carboxylic acids is 1. The number of likely N-dealkylation sites (tertiary alicyclic amines) is 2. The van der Waals surface area contributed by atoms with Crippen LogP contribution in [-0.2, 0) is 4.74 Å². The van der Waals surface area contributed by atoms with Crippen LogP contribution in [0.15, 0.2) is 24.5 Å². The molecule has 0 bridgehead atoms. The van der Waals surface area contributed by atoms with Gasteiger partial charge in [0.2, 0.25) is 5.88 Å². The monoisotopic (exact) mass is 511 g/mol. The van der Waals surface area contributed by atoms with Gasteiger partial charge in [-0.05, 0) is 58.0 Å². The summed E-state index contributed by atoms with van der Waals surface area (Å²) in [6.07, 6.45) is 4.17. The molecular formula is C26H34FN7O3. The van der Waals surface area contributed by atoms with E-state index in [0.717, 1.165) is 26.2 Å². The summed E-state index contributed by atoms with van der Waals surface area (Å²) in [6.45, 7) is 8.51. The van der Waals surface area contributed by atoms with Gasteiger partial charge in [0, 0.05) is 44.7 Å². The Labute approximate surface area is 216 Å². The first-order chi connectivity index (χ1) is 17.9. The average Bonchev–Trinajstić information content (AvgIpc) is 3.39. The number of anilines is 3. The SMILES string of the molecule is CC(C)OC(=O)N1CCC(Oc2ncnc(Nc3ccc(NCCN4CCCC4)cc3F)c2C#N)CC1. The van der Waals surface area contributed by atoms with Crippen molar-refractivity contribution in [3.05, 3.63) is 35.9 Å². The normalized spacial score (nSPS) is 16.5.